The molecule has 0 bridgehead atoms. The Kier molecular flexibility index (Phi) is 2.20. The average molecular weight is 196 g/mol. The van der Waals surface area contributed by atoms with Crippen molar-refractivity contribution in [3.8, 4) is 0 Å². The van der Waals surface area contributed by atoms with E-state index in [1.54, 1.807) is 6.33 Å². The molecule has 0 spiro atoms. The predicted molar refractivity (Wildman–Crippen MR) is 53.0 cm³/mol. The van der Waals surface area contributed by atoms with Crippen LogP contribution in [-0.2, 0) is 6.42 Å². The van der Waals surface area contributed by atoms with E-state index in [4.69, 9.17) is 17.3 Å². The third-order valence-corrected chi connectivity index (χ3v) is 2.18. The van der Waals surface area contributed by atoms with E-state index in [1.807, 2.05) is 22.7 Å². The lowest BCUT2D eigenvalue weighted by Crippen LogP contribution is -2.03. The summed E-state index contributed by atoms with van der Waals surface area (Å²) in [6.07, 6.45) is 4.40. The summed E-state index contributed by atoms with van der Waals surface area (Å²) >= 11 is 5.83. The average Bonchev–Trinajstić information content (AvgIpc) is 2.49. The molecular weight excluding hydrogens is 186 g/mol. The van der Waals surface area contributed by atoms with Crippen molar-refractivity contribution >= 4 is 17.1 Å². The molecule has 0 aromatic carbocycles. The molecule has 4 heteroatoms. The molecular formula is C9H10ClN3. The molecule has 0 unspecified atom stereocenters. The minimum absolute atomic E-state index is 0.620. The van der Waals surface area contributed by atoms with Gasteiger partial charge in [-0.2, -0.15) is 0 Å². The first kappa shape index (κ1) is 8.53. The van der Waals surface area contributed by atoms with Crippen molar-refractivity contribution in [3.63, 3.8) is 0 Å². The molecule has 0 saturated carbocycles. The van der Waals surface area contributed by atoms with Gasteiger partial charge >= 0.3 is 0 Å². The smallest absolute Gasteiger partial charge is 0.0995 e. The molecule has 0 atom stereocenters. The SMILES string of the molecule is NCCc1ncn2cc(Cl)ccc12. The van der Waals surface area contributed by atoms with Crippen molar-refractivity contribution in [2.24, 2.45) is 5.73 Å². The van der Waals surface area contributed by atoms with Gasteiger partial charge in [0.05, 0.1) is 22.6 Å². The van der Waals surface area contributed by atoms with Crippen LogP contribution in [0.2, 0.25) is 5.02 Å². The quantitative estimate of drug-likeness (QED) is 0.789. The van der Waals surface area contributed by atoms with Crippen molar-refractivity contribution in [1.29, 1.82) is 0 Å². The lowest BCUT2D eigenvalue weighted by atomic mass is 10.2. The zero-order valence-electron chi connectivity index (χ0n) is 7.07. The Balaban J connectivity index is 2.55. The van der Waals surface area contributed by atoms with Crippen LogP contribution >= 0.6 is 11.6 Å². The molecule has 0 aliphatic heterocycles. The second-order valence-corrected chi connectivity index (χ2v) is 3.31. The topological polar surface area (TPSA) is 43.3 Å². The van der Waals surface area contributed by atoms with Crippen LogP contribution in [0.3, 0.4) is 0 Å². The maximum Gasteiger partial charge on any atom is 0.0995 e. The molecule has 0 saturated heterocycles. The molecule has 0 aliphatic carbocycles. The Morgan fingerprint density at radius 1 is 1.46 bits per heavy atom. The Labute approximate surface area is 81.1 Å². The van der Waals surface area contributed by atoms with Gasteiger partial charge in [0.1, 0.15) is 0 Å². The fourth-order valence-corrected chi connectivity index (χ4v) is 1.53. The van der Waals surface area contributed by atoms with Crippen LogP contribution in [0.5, 0.6) is 0 Å². The van der Waals surface area contributed by atoms with Crippen LogP contribution in [-0.4, -0.2) is 15.9 Å². The molecule has 2 rings (SSSR count). The van der Waals surface area contributed by atoms with E-state index >= 15 is 0 Å². The predicted octanol–water partition coefficient (Wildman–Crippen LogP) is 1.49. The number of nitrogens with zero attached hydrogens (tertiary/aromatic N) is 2. The summed E-state index contributed by atoms with van der Waals surface area (Å²) in [6, 6.07) is 3.82. The van der Waals surface area contributed by atoms with Gasteiger partial charge in [-0.25, -0.2) is 4.98 Å². The van der Waals surface area contributed by atoms with E-state index in [9.17, 15) is 0 Å². The number of rotatable bonds is 2. The normalized spacial score (nSPS) is 10.9. The minimum Gasteiger partial charge on any atom is -0.330 e. The highest BCUT2D eigenvalue weighted by molar-refractivity contribution is 6.30. The highest BCUT2D eigenvalue weighted by Gasteiger charge is 2.02. The minimum atomic E-state index is 0.620. The molecule has 0 radical (unpaired) electrons. The van der Waals surface area contributed by atoms with Gasteiger partial charge in [0.15, 0.2) is 0 Å². The van der Waals surface area contributed by atoms with E-state index in [2.05, 4.69) is 4.98 Å². The van der Waals surface area contributed by atoms with Gasteiger partial charge in [-0.3, -0.25) is 0 Å². The van der Waals surface area contributed by atoms with Crippen LogP contribution in [0.25, 0.3) is 5.52 Å². The largest absolute Gasteiger partial charge is 0.330 e. The number of hydrogen-bond acceptors (Lipinski definition) is 2. The molecule has 0 aliphatic rings. The summed E-state index contributed by atoms with van der Waals surface area (Å²) in [5, 5.41) is 0.712. The molecule has 13 heavy (non-hydrogen) atoms. The number of fused-ring (bicyclic) bond motifs is 1. The van der Waals surface area contributed by atoms with Gasteiger partial charge in [-0.05, 0) is 18.7 Å². The molecule has 2 heterocycles. The zero-order chi connectivity index (χ0) is 9.26. The fourth-order valence-electron chi connectivity index (χ4n) is 1.36. The van der Waals surface area contributed by atoms with Crippen molar-refractivity contribution in [1.82, 2.24) is 9.38 Å². The first-order valence-electron chi connectivity index (χ1n) is 4.12. The van der Waals surface area contributed by atoms with Gasteiger partial charge in [0, 0.05) is 12.6 Å². The summed E-state index contributed by atoms with van der Waals surface area (Å²) in [4.78, 5) is 4.25. The molecule has 2 aromatic rings. The van der Waals surface area contributed by atoms with Crippen LogP contribution in [0.4, 0.5) is 0 Å². The lowest BCUT2D eigenvalue weighted by molar-refractivity contribution is 0.943. The highest BCUT2D eigenvalue weighted by atomic mass is 35.5. The monoisotopic (exact) mass is 195 g/mol. The number of nitrogens with two attached hydrogens (primary N) is 1. The highest BCUT2D eigenvalue weighted by Crippen LogP contribution is 2.14. The standard InChI is InChI=1S/C9H10ClN3/c10-7-1-2-9-8(3-4-11)12-6-13(9)5-7/h1-2,5-6H,3-4,11H2. The molecule has 68 valence electrons. The summed E-state index contributed by atoms with van der Waals surface area (Å²) in [5.41, 5.74) is 7.57. The summed E-state index contributed by atoms with van der Waals surface area (Å²) in [5.74, 6) is 0. The Hall–Kier alpha value is -1.06. The van der Waals surface area contributed by atoms with Crippen molar-refractivity contribution in [3.05, 3.63) is 35.4 Å². The summed E-state index contributed by atoms with van der Waals surface area (Å²) in [6.45, 7) is 0.620. The maximum atomic E-state index is 5.83. The maximum absolute atomic E-state index is 5.83. The van der Waals surface area contributed by atoms with Crippen molar-refractivity contribution in [2.75, 3.05) is 6.54 Å². The van der Waals surface area contributed by atoms with Crippen LogP contribution in [0, 0.1) is 0 Å². The van der Waals surface area contributed by atoms with Crippen LogP contribution in [0.15, 0.2) is 24.7 Å². The van der Waals surface area contributed by atoms with Gasteiger partial charge in [-0.15, -0.1) is 0 Å². The third-order valence-electron chi connectivity index (χ3n) is 1.96. The Morgan fingerprint density at radius 2 is 2.31 bits per heavy atom. The van der Waals surface area contributed by atoms with Crippen molar-refractivity contribution in [2.45, 2.75) is 6.42 Å². The zero-order valence-corrected chi connectivity index (χ0v) is 7.83. The molecule has 2 N–H and O–H groups in total. The van der Waals surface area contributed by atoms with E-state index in [0.29, 0.717) is 11.6 Å². The van der Waals surface area contributed by atoms with Gasteiger partial charge < -0.3 is 10.1 Å². The number of halogens is 1. The second-order valence-electron chi connectivity index (χ2n) is 2.87. The fraction of sp³-hybridized carbons (Fsp3) is 0.222. The summed E-state index contributed by atoms with van der Waals surface area (Å²) in [7, 11) is 0. The molecule has 0 amide bonds. The van der Waals surface area contributed by atoms with E-state index in [1.165, 1.54) is 0 Å². The first-order chi connectivity index (χ1) is 6.31. The number of pyridine rings is 1. The number of imidazole rings is 1. The summed E-state index contributed by atoms with van der Waals surface area (Å²) < 4.78 is 1.91. The first-order valence-corrected chi connectivity index (χ1v) is 4.50. The van der Waals surface area contributed by atoms with Crippen molar-refractivity contribution < 1.29 is 0 Å². The number of aromatic nitrogens is 2. The third kappa shape index (κ3) is 1.53. The van der Waals surface area contributed by atoms with Crippen LogP contribution in [0.1, 0.15) is 5.69 Å². The molecule has 2 aromatic heterocycles. The van der Waals surface area contributed by atoms with Gasteiger partial charge in [0.2, 0.25) is 0 Å². The van der Waals surface area contributed by atoms with Gasteiger partial charge in [0.25, 0.3) is 0 Å². The van der Waals surface area contributed by atoms with E-state index in [-0.39, 0.29) is 0 Å². The molecule has 3 nitrogen and oxygen atoms in total. The van der Waals surface area contributed by atoms with Crippen LogP contribution < -0.4 is 5.73 Å². The van der Waals surface area contributed by atoms with E-state index in [0.717, 1.165) is 17.6 Å². The Morgan fingerprint density at radius 3 is 3.08 bits per heavy atom. The number of hydrogen-bond donors (Lipinski definition) is 1. The Bertz CT molecular complexity index is 422. The second kappa shape index (κ2) is 3.36. The lowest BCUT2D eigenvalue weighted by Gasteiger charge is -1.96. The molecule has 0 fully saturated rings. The van der Waals surface area contributed by atoms with Gasteiger partial charge in [-0.1, -0.05) is 11.6 Å². The van der Waals surface area contributed by atoms with E-state index < -0.39 is 0 Å².